The lowest BCUT2D eigenvalue weighted by Crippen LogP contribution is -1.96. The molecule has 0 amide bonds. The van der Waals surface area contributed by atoms with Crippen molar-refractivity contribution in [2.75, 3.05) is 5.32 Å². The molecule has 0 bridgehead atoms. The number of rotatable bonds is 2. The van der Waals surface area contributed by atoms with E-state index in [1.807, 2.05) is 0 Å². The number of hydrogen-bond acceptors (Lipinski definition) is 7. The molecule has 0 atom stereocenters. The van der Waals surface area contributed by atoms with Gasteiger partial charge in [0.15, 0.2) is 5.82 Å². The smallest absolute Gasteiger partial charge is 0.257 e. The summed E-state index contributed by atoms with van der Waals surface area (Å²) in [6.07, 6.45) is 0. The fourth-order valence-corrected chi connectivity index (χ4v) is 1.38. The van der Waals surface area contributed by atoms with Gasteiger partial charge in [-0.25, -0.2) is 9.02 Å². The molecule has 18 heavy (non-hydrogen) atoms. The van der Waals surface area contributed by atoms with Gasteiger partial charge in [-0.15, -0.1) is 0 Å². The maximum absolute atomic E-state index is 12.7. The van der Waals surface area contributed by atoms with Gasteiger partial charge in [0, 0.05) is 5.69 Å². The lowest BCUT2D eigenvalue weighted by Gasteiger charge is -2.05. The molecule has 2 aromatic heterocycles. The van der Waals surface area contributed by atoms with Crippen LogP contribution in [0.4, 0.5) is 15.9 Å². The highest BCUT2D eigenvalue weighted by atomic mass is 19.1. The van der Waals surface area contributed by atoms with Gasteiger partial charge in [0.2, 0.25) is 11.3 Å². The summed E-state index contributed by atoms with van der Waals surface area (Å²) >= 11 is 0. The monoisotopic (exact) mass is 247 g/mol. The second-order valence-corrected chi connectivity index (χ2v) is 3.44. The molecule has 0 fully saturated rings. The van der Waals surface area contributed by atoms with Crippen molar-refractivity contribution in [2.45, 2.75) is 0 Å². The molecule has 8 heteroatoms. The fourth-order valence-electron chi connectivity index (χ4n) is 1.38. The topological polar surface area (TPSA) is 97.0 Å². The third kappa shape index (κ3) is 1.79. The average molecular weight is 247 g/mol. The molecule has 3 rings (SSSR count). The number of fused-ring (bicyclic) bond motifs is 1. The molecule has 2 heterocycles. The molecule has 0 saturated carbocycles. The SMILES string of the molecule is Oc1nc2nonc2nc1Nc1ccc(F)cc1. The summed E-state index contributed by atoms with van der Waals surface area (Å²) in [5.41, 5.74) is 0.825. The van der Waals surface area contributed by atoms with Crippen LogP contribution in [0.1, 0.15) is 0 Å². The molecule has 0 aliphatic heterocycles. The molecule has 0 saturated heterocycles. The normalized spacial score (nSPS) is 10.7. The average Bonchev–Trinajstić information content (AvgIpc) is 2.79. The quantitative estimate of drug-likeness (QED) is 0.709. The van der Waals surface area contributed by atoms with E-state index < -0.39 is 0 Å². The predicted octanol–water partition coefficient (Wildman–Crippen LogP) is 1.60. The summed E-state index contributed by atoms with van der Waals surface area (Å²) in [4.78, 5) is 7.71. The number of aromatic hydroxyl groups is 1. The zero-order valence-corrected chi connectivity index (χ0v) is 8.83. The first-order valence-electron chi connectivity index (χ1n) is 4.94. The molecule has 0 aliphatic carbocycles. The molecule has 0 unspecified atom stereocenters. The zero-order valence-electron chi connectivity index (χ0n) is 8.83. The van der Waals surface area contributed by atoms with Gasteiger partial charge in [-0.05, 0) is 34.6 Å². The van der Waals surface area contributed by atoms with Crippen molar-refractivity contribution in [1.29, 1.82) is 0 Å². The van der Waals surface area contributed by atoms with Gasteiger partial charge in [0.25, 0.3) is 5.88 Å². The van der Waals surface area contributed by atoms with Crippen LogP contribution in [0, 0.1) is 5.82 Å². The van der Waals surface area contributed by atoms with Crippen molar-refractivity contribution in [2.24, 2.45) is 0 Å². The highest BCUT2D eigenvalue weighted by molar-refractivity contribution is 5.70. The predicted molar refractivity (Wildman–Crippen MR) is 58.7 cm³/mol. The van der Waals surface area contributed by atoms with E-state index in [-0.39, 0.29) is 28.8 Å². The number of aromatic nitrogens is 4. The van der Waals surface area contributed by atoms with Crippen molar-refractivity contribution < 1.29 is 14.1 Å². The molecule has 2 N–H and O–H groups in total. The molecular weight excluding hydrogens is 241 g/mol. The standard InChI is InChI=1S/C10H6FN5O2/c11-5-1-3-6(4-2-5)12-9-10(17)14-8-7(13-9)15-18-16-8/h1-4H,(H,12,13,15)(H,14,16,17). The Balaban J connectivity index is 1.98. The van der Waals surface area contributed by atoms with E-state index in [9.17, 15) is 9.50 Å². The first-order valence-corrected chi connectivity index (χ1v) is 4.94. The van der Waals surface area contributed by atoms with Crippen LogP contribution in [0.15, 0.2) is 28.9 Å². The minimum Gasteiger partial charge on any atom is -0.491 e. The molecule has 0 spiro atoms. The highest BCUT2D eigenvalue weighted by Crippen LogP contribution is 2.24. The molecule has 0 aliphatic rings. The van der Waals surface area contributed by atoms with Gasteiger partial charge in [0.05, 0.1) is 0 Å². The van der Waals surface area contributed by atoms with Crippen LogP contribution < -0.4 is 5.32 Å². The fraction of sp³-hybridized carbons (Fsp3) is 0. The number of nitrogens with zero attached hydrogens (tertiary/aromatic N) is 4. The third-order valence-corrected chi connectivity index (χ3v) is 2.20. The Morgan fingerprint density at radius 2 is 1.72 bits per heavy atom. The molecule has 90 valence electrons. The summed E-state index contributed by atoms with van der Waals surface area (Å²) in [5, 5.41) is 19.4. The summed E-state index contributed by atoms with van der Waals surface area (Å²) in [6.45, 7) is 0. The van der Waals surface area contributed by atoms with Crippen LogP contribution in [-0.4, -0.2) is 25.4 Å². The van der Waals surface area contributed by atoms with Gasteiger partial charge in [0.1, 0.15) is 5.82 Å². The molecule has 0 radical (unpaired) electrons. The highest BCUT2D eigenvalue weighted by Gasteiger charge is 2.11. The van der Waals surface area contributed by atoms with E-state index in [1.54, 1.807) is 0 Å². The Bertz CT molecular complexity index is 697. The van der Waals surface area contributed by atoms with E-state index in [4.69, 9.17) is 0 Å². The van der Waals surface area contributed by atoms with Gasteiger partial charge in [-0.1, -0.05) is 0 Å². The van der Waals surface area contributed by atoms with Gasteiger partial charge >= 0.3 is 0 Å². The van der Waals surface area contributed by atoms with Gasteiger partial charge in [-0.3, -0.25) is 0 Å². The summed E-state index contributed by atoms with van der Waals surface area (Å²) in [5.74, 6) is -0.612. The number of anilines is 2. The minimum absolute atomic E-state index is 0.0878. The zero-order chi connectivity index (χ0) is 12.5. The first-order chi connectivity index (χ1) is 8.72. The first kappa shape index (κ1) is 10.4. The largest absolute Gasteiger partial charge is 0.491 e. The van der Waals surface area contributed by atoms with Crippen molar-refractivity contribution in [3.05, 3.63) is 30.1 Å². The second-order valence-electron chi connectivity index (χ2n) is 3.44. The number of nitrogens with one attached hydrogen (secondary N) is 1. The van der Waals surface area contributed by atoms with Crippen molar-refractivity contribution in [1.82, 2.24) is 20.3 Å². The van der Waals surface area contributed by atoms with Gasteiger partial charge < -0.3 is 10.4 Å². The van der Waals surface area contributed by atoms with Crippen LogP contribution in [0.2, 0.25) is 0 Å². The lowest BCUT2D eigenvalue weighted by atomic mass is 10.3. The van der Waals surface area contributed by atoms with Crippen LogP contribution in [-0.2, 0) is 0 Å². The van der Waals surface area contributed by atoms with E-state index in [2.05, 4.69) is 30.2 Å². The van der Waals surface area contributed by atoms with E-state index >= 15 is 0 Å². The lowest BCUT2D eigenvalue weighted by molar-refractivity contribution is 0.314. The number of halogens is 1. The van der Waals surface area contributed by atoms with Crippen LogP contribution >= 0.6 is 0 Å². The third-order valence-electron chi connectivity index (χ3n) is 2.20. The summed E-state index contributed by atoms with van der Waals surface area (Å²) in [7, 11) is 0. The Morgan fingerprint density at radius 1 is 1.06 bits per heavy atom. The van der Waals surface area contributed by atoms with Crippen molar-refractivity contribution in [3.8, 4) is 5.88 Å². The Labute approximate surface area is 99.3 Å². The summed E-state index contributed by atoms with van der Waals surface area (Å²) < 4.78 is 17.2. The van der Waals surface area contributed by atoms with E-state index in [0.717, 1.165) is 0 Å². The van der Waals surface area contributed by atoms with Crippen LogP contribution in [0.3, 0.4) is 0 Å². The Kier molecular flexibility index (Phi) is 2.26. The second kappa shape index (κ2) is 3.91. The molecular formula is C10H6FN5O2. The molecule has 1 aromatic carbocycles. The molecule has 7 nitrogen and oxygen atoms in total. The number of hydrogen-bond donors (Lipinski definition) is 2. The maximum Gasteiger partial charge on any atom is 0.257 e. The Hall–Kier alpha value is -2.77. The van der Waals surface area contributed by atoms with Gasteiger partial charge in [-0.2, -0.15) is 9.97 Å². The van der Waals surface area contributed by atoms with Crippen LogP contribution in [0.5, 0.6) is 5.88 Å². The van der Waals surface area contributed by atoms with Crippen molar-refractivity contribution >= 4 is 22.8 Å². The van der Waals surface area contributed by atoms with E-state index in [0.29, 0.717) is 5.69 Å². The maximum atomic E-state index is 12.7. The van der Waals surface area contributed by atoms with Crippen molar-refractivity contribution in [3.63, 3.8) is 0 Å². The van der Waals surface area contributed by atoms with E-state index in [1.165, 1.54) is 24.3 Å². The number of benzene rings is 1. The van der Waals surface area contributed by atoms with Crippen LogP contribution in [0.25, 0.3) is 11.3 Å². The summed E-state index contributed by atoms with van der Waals surface area (Å²) in [6, 6.07) is 5.56. The minimum atomic E-state index is -0.355. The Morgan fingerprint density at radius 3 is 2.44 bits per heavy atom. The molecule has 3 aromatic rings.